The molecule has 0 atom stereocenters. The minimum absolute atomic E-state index is 0.340. The van der Waals surface area contributed by atoms with Crippen molar-refractivity contribution in [1.82, 2.24) is 0 Å². The molecule has 0 unspecified atom stereocenters. The van der Waals surface area contributed by atoms with Gasteiger partial charge in [-0.2, -0.15) is 0 Å². The van der Waals surface area contributed by atoms with E-state index in [0.717, 1.165) is 12.8 Å². The number of hydrogen-bond acceptors (Lipinski definition) is 1. The van der Waals surface area contributed by atoms with Crippen molar-refractivity contribution < 1.29 is 8.85 Å². The molecule has 0 bridgehead atoms. The van der Waals surface area contributed by atoms with Crippen LogP contribution >= 0.6 is 0 Å². The summed E-state index contributed by atoms with van der Waals surface area (Å²) in [7, 11) is -2.20. The molecule has 1 nitrogen and oxygen atoms in total. The van der Waals surface area contributed by atoms with Gasteiger partial charge < -0.3 is 4.74 Å². The molecule has 0 aliphatic heterocycles. The highest BCUT2D eigenvalue weighted by molar-refractivity contribution is 4.26. The molecular weight excluding hydrogens is 76.1 g/mol. The van der Waals surface area contributed by atoms with E-state index in [4.69, 9.17) is 4.11 Å². The fourth-order valence-electron chi connectivity index (χ4n) is 0.217. The first kappa shape index (κ1) is 2.31. The lowest BCUT2D eigenvalue weighted by Crippen LogP contribution is -1.84. The fraction of sp³-hybridized carbons (Fsp3) is 1.00. The molecule has 0 aliphatic carbocycles. The molecule has 0 radical (unpaired) electrons. The van der Waals surface area contributed by atoms with Crippen LogP contribution in [0.1, 0.15) is 23.9 Å². The molecule has 0 aliphatic rings. The van der Waals surface area contributed by atoms with Gasteiger partial charge in [-0.15, -0.1) is 0 Å². The zero-order valence-corrected chi connectivity index (χ0v) is 4.03. The Bertz CT molecular complexity index is 69.1. The molecule has 0 fully saturated rings. The second-order valence-corrected chi connectivity index (χ2v) is 1.20. The van der Waals surface area contributed by atoms with Gasteiger partial charge in [0.05, 0.1) is 4.11 Å². The van der Waals surface area contributed by atoms with Crippen LogP contribution in [0.5, 0.6) is 0 Å². The summed E-state index contributed by atoms with van der Waals surface area (Å²) in [6.07, 6.45) is 1.79. The molecule has 38 valence electrons. The van der Waals surface area contributed by atoms with Gasteiger partial charge in [0.15, 0.2) is 0 Å². The lowest BCUT2D eigenvalue weighted by molar-refractivity contribution is 0.194. The summed E-state index contributed by atoms with van der Waals surface area (Å²) in [5, 5.41) is 0. The van der Waals surface area contributed by atoms with Gasteiger partial charge in [0.1, 0.15) is 0 Å². The van der Waals surface area contributed by atoms with E-state index in [0.29, 0.717) is 6.61 Å². The van der Waals surface area contributed by atoms with Gasteiger partial charge in [-0.25, -0.2) is 0 Å². The molecule has 1 heteroatoms. The first-order valence-corrected chi connectivity index (χ1v) is 2.20. The summed E-state index contributed by atoms with van der Waals surface area (Å²) < 4.78 is 24.3. The molecule has 0 saturated carbocycles. The van der Waals surface area contributed by atoms with Gasteiger partial charge in [-0.1, -0.05) is 13.3 Å². The van der Waals surface area contributed by atoms with Gasteiger partial charge in [0, 0.05) is 13.6 Å². The Labute approximate surface area is 43.5 Å². The number of methoxy groups -OCH3 is 1. The quantitative estimate of drug-likeness (QED) is 0.477. The molecule has 6 heavy (non-hydrogen) atoms. The molecule has 0 rings (SSSR count). The summed E-state index contributed by atoms with van der Waals surface area (Å²) in [5.74, 6) is 0. The smallest absolute Gasteiger partial charge is 0.0530 e. The Morgan fingerprint density at radius 2 is 2.67 bits per heavy atom. The van der Waals surface area contributed by atoms with Crippen molar-refractivity contribution in [1.29, 1.82) is 0 Å². The van der Waals surface area contributed by atoms with Crippen molar-refractivity contribution >= 4 is 0 Å². The van der Waals surface area contributed by atoms with Gasteiger partial charge >= 0.3 is 0 Å². The van der Waals surface area contributed by atoms with Gasteiger partial charge in [0.2, 0.25) is 0 Å². The molecule has 0 amide bonds. The van der Waals surface area contributed by atoms with Crippen LogP contribution in [0.4, 0.5) is 0 Å². The van der Waals surface area contributed by atoms with Crippen LogP contribution in [0.15, 0.2) is 0 Å². The van der Waals surface area contributed by atoms with Gasteiger partial charge in [-0.3, -0.25) is 0 Å². The third kappa shape index (κ3) is 3.96. The third-order valence-corrected chi connectivity index (χ3v) is 0.600. The average molecular weight is 91.2 g/mol. The second kappa shape index (κ2) is 4.96. The van der Waals surface area contributed by atoms with E-state index >= 15 is 0 Å². The predicted octanol–water partition coefficient (Wildman–Crippen LogP) is 1.43. The van der Waals surface area contributed by atoms with Crippen LogP contribution in [0, 0.1) is 0 Å². The molecule has 0 aromatic carbocycles. The largest absolute Gasteiger partial charge is 0.385 e. The molecule has 0 spiro atoms. The van der Waals surface area contributed by atoms with Crippen LogP contribution in [0.25, 0.3) is 0 Å². The zero-order chi connectivity index (χ0) is 7.33. The van der Waals surface area contributed by atoms with Crippen molar-refractivity contribution in [3.63, 3.8) is 0 Å². The highest BCUT2D eigenvalue weighted by Crippen LogP contribution is 1.83. The van der Waals surface area contributed by atoms with Crippen LogP contribution in [-0.4, -0.2) is 13.6 Å². The predicted molar refractivity (Wildman–Crippen MR) is 26.8 cm³/mol. The van der Waals surface area contributed by atoms with Crippen LogP contribution in [-0.2, 0) is 4.74 Å². The van der Waals surface area contributed by atoms with E-state index in [1.54, 1.807) is 0 Å². The van der Waals surface area contributed by atoms with Crippen molar-refractivity contribution in [3.05, 3.63) is 0 Å². The SMILES string of the molecule is [2H]C([2H])([2H])OCCCC. The minimum Gasteiger partial charge on any atom is -0.385 e. The summed E-state index contributed by atoms with van der Waals surface area (Å²) in [4.78, 5) is 0. The molecule has 0 heterocycles. The Balaban J connectivity index is 3.07. The molecule has 0 saturated heterocycles. The lowest BCUT2D eigenvalue weighted by atomic mass is 10.4. The first-order chi connectivity index (χ1) is 4.06. The molecular formula is C5H12O. The standard InChI is InChI=1S/C5H12O/c1-3-4-5-6-2/h3-5H2,1-2H3/i2D3. The highest BCUT2D eigenvalue weighted by atomic mass is 16.5. The third-order valence-electron chi connectivity index (χ3n) is 0.600. The summed E-state index contributed by atoms with van der Waals surface area (Å²) in [5.41, 5.74) is 0. The number of rotatable bonds is 3. The summed E-state index contributed by atoms with van der Waals surface area (Å²) in [6, 6.07) is 0. The van der Waals surface area contributed by atoms with Crippen LogP contribution < -0.4 is 0 Å². The maximum absolute atomic E-state index is 6.62. The van der Waals surface area contributed by atoms with Crippen molar-refractivity contribution in [2.75, 3.05) is 13.6 Å². The summed E-state index contributed by atoms with van der Waals surface area (Å²) in [6.45, 7) is 2.33. The average Bonchev–Trinajstić information content (AvgIpc) is 1.63. The first-order valence-electron chi connectivity index (χ1n) is 3.70. The van der Waals surface area contributed by atoms with Gasteiger partial charge in [-0.05, 0) is 6.42 Å². The van der Waals surface area contributed by atoms with E-state index in [1.807, 2.05) is 6.92 Å². The van der Waals surface area contributed by atoms with E-state index in [1.165, 1.54) is 0 Å². The molecule has 0 aromatic heterocycles. The Kier molecular flexibility index (Phi) is 1.91. The van der Waals surface area contributed by atoms with Gasteiger partial charge in [0.25, 0.3) is 0 Å². The second-order valence-electron chi connectivity index (χ2n) is 1.20. The maximum Gasteiger partial charge on any atom is 0.0530 e. The zero-order valence-electron chi connectivity index (χ0n) is 7.03. The Morgan fingerprint density at radius 3 is 3.17 bits per heavy atom. The van der Waals surface area contributed by atoms with Crippen molar-refractivity contribution in [3.8, 4) is 0 Å². The number of hydrogen-bond donors (Lipinski definition) is 0. The Morgan fingerprint density at radius 1 is 1.83 bits per heavy atom. The lowest BCUT2D eigenvalue weighted by Gasteiger charge is -1.89. The minimum atomic E-state index is -2.20. The van der Waals surface area contributed by atoms with E-state index in [-0.39, 0.29) is 0 Å². The normalized spacial score (nSPS) is 18.5. The van der Waals surface area contributed by atoms with Crippen LogP contribution in [0.2, 0.25) is 0 Å². The highest BCUT2D eigenvalue weighted by Gasteiger charge is 1.74. The van der Waals surface area contributed by atoms with E-state index in [2.05, 4.69) is 4.74 Å². The Hall–Kier alpha value is -0.0400. The van der Waals surface area contributed by atoms with E-state index < -0.39 is 7.04 Å². The summed E-state index contributed by atoms with van der Waals surface area (Å²) >= 11 is 0. The van der Waals surface area contributed by atoms with Crippen LogP contribution in [0.3, 0.4) is 0 Å². The van der Waals surface area contributed by atoms with Crippen molar-refractivity contribution in [2.24, 2.45) is 0 Å². The maximum atomic E-state index is 6.62. The number of unbranched alkanes of at least 4 members (excludes halogenated alkanes) is 1. The number of ether oxygens (including phenoxy) is 1. The van der Waals surface area contributed by atoms with E-state index in [9.17, 15) is 0 Å². The fourth-order valence-corrected chi connectivity index (χ4v) is 0.217. The topological polar surface area (TPSA) is 9.23 Å². The molecule has 0 aromatic rings. The van der Waals surface area contributed by atoms with Crippen molar-refractivity contribution in [2.45, 2.75) is 19.8 Å². The molecule has 0 N–H and O–H groups in total. The monoisotopic (exact) mass is 91.1 g/mol.